The molecule has 0 fully saturated rings. The van der Waals surface area contributed by atoms with Gasteiger partial charge in [-0.3, -0.25) is 0 Å². The number of carboxylic acids is 1. The quantitative estimate of drug-likeness (QED) is 0.288. The third-order valence-electron chi connectivity index (χ3n) is 5.88. The van der Waals surface area contributed by atoms with Crippen LogP contribution in [0.5, 0.6) is 0 Å². The Morgan fingerprint density at radius 2 is 1.46 bits per heavy atom. The molecule has 0 aliphatic heterocycles. The molecule has 4 aromatic carbocycles. The summed E-state index contributed by atoms with van der Waals surface area (Å²) >= 11 is 6.18. The van der Waals surface area contributed by atoms with Crippen molar-refractivity contribution in [1.82, 2.24) is 3.97 Å². The smallest absolute Gasteiger partial charge is 0.335 e. The minimum absolute atomic E-state index is 0.173. The lowest BCUT2D eigenvalue weighted by molar-refractivity contribution is 0.0697. The molecular weight excluding hydrogens is 482 g/mol. The van der Waals surface area contributed by atoms with E-state index in [0.29, 0.717) is 28.0 Å². The van der Waals surface area contributed by atoms with E-state index in [4.69, 9.17) is 16.7 Å². The highest BCUT2D eigenvalue weighted by molar-refractivity contribution is 7.90. The first-order valence-electron chi connectivity index (χ1n) is 10.9. The maximum absolute atomic E-state index is 13.8. The Hall–Kier alpha value is -3.87. The number of hydrogen-bond donors (Lipinski definition) is 1. The maximum atomic E-state index is 13.8. The van der Waals surface area contributed by atoms with Gasteiger partial charge >= 0.3 is 5.97 Å². The van der Waals surface area contributed by atoms with Gasteiger partial charge in [-0.25, -0.2) is 17.2 Å². The molecule has 35 heavy (non-hydrogen) atoms. The summed E-state index contributed by atoms with van der Waals surface area (Å²) in [5.41, 5.74) is 3.97. The third kappa shape index (κ3) is 4.46. The summed E-state index contributed by atoms with van der Waals surface area (Å²) in [5.74, 6) is -1.01. The molecule has 0 spiro atoms. The molecule has 1 aromatic heterocycles. The van der Waals surface area contributed by atoms with Crippen LogP contribution >= 0.6 is 11.6 Å². The molecule has 1 N–H and O–H groups in total. The van der Waals surface area contributed by atoms with Crippen molar-refractivity contribution < 1.29 is 18.3 Å². The number of rotatable bonds is 6. The van der Waals surface area contributed by atoms with Gasteiger partial charge in [-0.1, -0.05) is 66.2 Å². The van der Waals surface area contributed by atoms with Crippen LogP contribution in [0.3, 0.4) is 0 Å². The number of hydrogen-bond acceptors (Lipinski definition) is 3. The zero-order valence-electron chi connectivity index (χ0n) is 18.4. The maximum Gasteiger partial charge on any atom is 0.335 e. The van der Waals surface area contributed by atoms with Crippen molar-refractivity contribution in [1.29, 1.82) is 0 Å². The molecule has 0 amide bonds. The molecule has 0 radical (unpaired) electrons. The van der Waals surface area contributed by atoms with Gasteiger partial charge in [-0.15, -0.1) is 0 Å². The van der Waals surface area contributed by atoms with Gasteiger partial charge in [0.25, 0.3) is 10.0 Å². The van der Waals surface area contributed by atoms with Crippen molar-refractivity contribution in [2.75, 3.05) is 0 Å². The molecular formula is C28H20ClNO4S. The van der Waals surface area contributed by atoms with Crippen LogP contribution in [-0.2, 0) is 16.4 Å². The Labute approximate surface area is 207 Å². The summed E-state index contributed by atoms with van der Waals surface area (Å²) < 4.78 is 29.0. The first-order chi connectivity index (χ1) is 16.8. The van der Waals surface area contributed by atoms with Crippen LogP contribution in [0.1, 0.15) is 21.6 Å². The predicted molar refractivity (Wildman–Crippen MR) is 138 cm³/mol. The predicted octanol–water partition coefficient (Wildman–Crippen LogP) is 6.49. The van der Waals surface area contributed by atoms with Gasteiger partial charge in [0.2, 0.25) is 0 Å². The van der Waals surface area contributed by atoms with Crippen LogP contribution in [0.15, 0.2) is 108 Å². The Kier molecular flexibility index (Phi) is 5.93. The van der Waals surface area contributed by atoms with E-state index in [9.17, 15) is 13.2 Å². The number of benzene rings is 4. The molecule has 0 saturated heterocycles. The van der Waals surface area contributed by atoms with E-state index in [1.807, 2.05) is 36.4 Å². The van der Waals surface area contributed by atoms with E-state index in [1.165, 1.54) is 16.1 Å². The van der Waals surface area contributed by atoms with Crippen LogP contribution in [0.2, 0.25) is 5.02 Å². The van der Waals surface area contributed by atoms with Gasteiger partial charge in [0.15, 0.2) is 0 Å². The van der Waals surface area contributed by atoms with Gasteiger partial charge in [0.1, 0.15) is 0 Å². The van der Waals surface area contributed by atoms with Crippen molar-refractivity contribution in [3.05, 3.63) is 125 Å². The molecule has 174 valence electrons. The van der Waals surface area contributed by atoms with Crippen molar-refractivity contribution in [2.45, 2.75) is 11.3 Å². The highest BCUT2D eigenvalue weighted by Gasteiger charge is 2.23. The van der Waals surface area contributed by atoms with E-state index in [2.05, 4.69) is 0 Å². The average Bonchev–Trinajstić information content (AvgIpc) is 3.22. The average molecular weight is 502 g/mol. The van der Waals surface area contributed by atoms with Gasteiger partial charge < -0.3 is 5.11 Å². The standard InChI is InChI=1S/C28H20ClNO4S/c29-24-12-15-27-23(17-24)18-25(16-19-6-8-22(9-7-19)28(31)32)30(27)35(33,34)26-13-10-21(11-14-26)20-4-2-1-3-5-20/h1-15,17-18H,16H2,(H,31,32). The first kappa shape index (κ1) is 22.9. The van der Waals surface area contributed by atoms with Gasteiger partial charge in [-0.05, 0) is 65.2 Å². The van der Waals surface area contributed by atoms with Crippen LogP contribution < -0.4 is 0 Å². The molecule has 0 aliphatic carbocycles. The number of aromatic carboxylic acids is 1. The summed E-state index contributed by atoms with van der Waals surface area (Å²) in [6, 6.07) is 29.9. The van der Waals surface area contributed by atoms with Gasteiger partial charge in [0, 0.05) is 22.5 Å². The Morgan fingerprint density at radius 3 is 2.11 bits per heavy atom. The summed E-state index contributed by atoms with van der Waals surface area (Å²) in [4.78, 5) is 11.4. The lowest BCUT2D eigenvalue weighted by atomic mass is 10.1. The third-order valence-corrected chi connectivity index (χ3v) is 7.89. The van der Waals surface area contributed by atoms with Crippen LogP contribution in [0.25, 0.3) is 22.0 Å². The van der Waals surface area contributed by atoms with Crippen molar-refractivity contribution in [2.24, 2.45) is 0 Å². The van der Waals surface area contributed by atoms with Crippen molar-refractivity contribution in [3.63, 3.8) is 0 Å². The van der Waals surface area contributed by atoms with E-state index < -0.39 is 16.0 Å². The minimum atomic E-state index is -3.93. The molecule has 5 rings (SSSR count). The zero-order chi connectivity index (χ0) is 24.6. The molecule has 0 saturated carbocycles. The lowest BCUT2D eigenvalue weighted by Crippen LogP contribution is -2.16. The molecule has 0 unspecified atom stereocenters. The second kappa shape index (κ2) is 9.06. The lowest BCUT2D eigenvalue weighted by Gasteiger charge is -2.13. The number of fused-ring (bicyclic) bond motifs is 1. The Bertz CT molecular complexity index is 1640. The second-order valence-electron chi connectivity index (χ2n) is 8.18. The summed E-state index contributed by atoms with van der Waals surface area (Å²) in [6.45, 7) is 0. The van der Waals surface area contributed by atoms with Crippen molar-refractivity contribution >= 4 is 38.5 Å². The molecule has 1 heterocycles. The number of halogens is 1. The zero-order valence-corrected chi connectivity index (χ0v) is 20.0. The van der Waals surface area contributed by atoms with E-state index in [0.717, 1.165) is 16.7 Å². The molecule has 5 aromatic rings. The fourth-order valence-corrected chi connectivity index (χ4v) is 5.88. The highest BCUT2D eigenvalue weighted by Crippen LogP contribution is 2.30. The second-order valence-corrected chi connectivity index (χ2v) is 10.4. The van der Waals surface area contributed by atoms with E-state index in [1.54, 1.807) is 54.6 Å². The number of carboxylic acid groups (broad SMARTS) is 1. The normalized spacial score (nSPS) is 11.6. The Morgan fingerprint density at radius 1 is 0.800 bits per heavy atom. The molecule has 0 bridgehead atoms. The topological polar surface area (TPSA) is 76.4 Å². The summed E-state index contributed by atoms with van der Waals surface area (Å²) in [7, 11) is -3.93. The van der Waals surface area contributed by atoms with Crippen molar-refractivity contribution in [3.8, 4) is 11.1 Å². The number of carbonyl (C=O) groups is 1. The van der Waals surface area contributed by atoms with Crippen LogP contribution in [0, 0.1) is 0 Å². The van der Waals surface area contributed by atoms with E-state index in [-0.39, 0.29) is 10.5 Å². The summed E-state index contributed by atoms with van der Waals surface area (Å²) in [6.07, 6.45) is 0.299. The molecule has 7 heteroatoms. The van der Waals surface area contributed by atoms with Crippen LogP contribution in [-0.4, -0.2) is 23.5 Å². The molecule has 0 aliphatic rings. The van der Waals surface area contributed by atoms with E-state index >= 15 is 0 Å². The molecule has 5 nitrogen and oxygen atoms in total. The Balaban J connectivity index is 1.59. The summed E-state index contributed by atoms with van der Waals surface area (Å²) in [5, 5.41) is 10.4. The minimum Gasteiger partial charge on any atom is -0.478 e. The van der Waals surface area contributed by atoms with Gasteiger partial charge in [-0.2, -0.15) is 0 Å². The van der Waals surface area contributed by atoms with Gasteiger partial charge in [0.05, 0.1) is 16.0 Å². The number of aromatic nitrogens is 1. The largest absolute Gasteiger partial charge is 0.478 e. The first-order valence-corrected chi connectivity index (χ1v) is 12.7. The molecule has 0 atom stereocenters. The number of nitrogens with zero attached hydrogens (tertiary/aromatic N) is 1. The van der Waals surface area contributed by atoms with Crippen LogP contribution in [0.4, 0.5) is 0 Å². The fraction of sp³-hybridized carbons (Fsp3) is 0.0357. The fourth-order valence-electron chi connectivity index (χ4n) is 4.16. The monoisotopic (exact) mass is 501 g/mol. The highest BCUT2D eigenvalue weighted by atomic mass is 35.5. The SMILES string of the molecule is O=C(O)c1ccc(Cc2cc3cc(Cl)ccc3n2S(=O)(=O)c2ccc(-c3ccccc3)cc2)cc1.